The first-order valence-corrected chi connectivity index (χ1v) is 5.43. The molecule has 3 N–H and O–H groups in total. The fourth-order valence-electron chi connectivity index (χ4n) is 1.66. The molecule has 1 rings (SSSR count). The van der Waals surface area contributed by atoms with Crippen molar-refractivity contribution in [2.75, 3.05) is 19.6 Å². The van der Waals surface area contributed by atoms with Crippen LogP contribution < -0.4 is 16.0 Å². The van der Waals surface area contributed by atoms with Gasteiger partial charge in [-0.1, -0.05) is 0 Å². The van der Waals surface area contributed by atoms with Crippen molar-refractivity contribution in [3.05, 3.63) is 0 Å². The third kappa shape index (κ3) is 4.46. The minimum atomic E-state index is -0.0500. The molecule has 1 fully saturated rings. The lowest BCUT2D eigenvalue weighted by Crippen LogP contribution is -2.40. The van der Waals surface area contributed by atoms with E-state index in [1.54, 1.807) is 0 Å². The normalized spacial score (nSPS) is 21.2. The summed E-state index contributed by atoms with van der Waals surface area (Å²) in [4.78, 5) is 11.2. The zero-order valence-corrected chi connectivity index (χ0v) is 9.10. The van der Waals surface area contributed by atoms with Crippen LogP contribution in [0.15, 0.2) is 0 Å². The predicted molar refractivity (Wildman–Crippen MR) is 57.3 cm³/mol. The maximum atomic E-state index is 11.2. The average Bonchev–Trinajstić information content (AvgIpc) is 2.55. The molecule has 0 radical (unpaired) electrons. The minimum Gasteiger partial charge on any atom is -0.338 e. The van der Waals surface area contributed by atoms with E-state index in [2.05, 4.69) is 16.0 Å². The Bertz CT molecular complexity index is 176. The zero-order valence-electron chi connectivity index (χ0n) is 9.10. The van der Waals surface area contributed by atoms with Crippen LogP contribution in [0.2, 0.25) is 0 Å². The summed E-state index contributed by atoms with van der Waals surface area (Å²) < 4.78 is 0. The molecule has 0 bridgehead atoms. The lowest BCUT2D eigenvalue weighted by molar-refractivity contribution is 0.238. The van der Waals surface area contributed by atoms with Gasteiger partial charge in [0.2, 0.25) is 0 Å². The maximum absolute atomic E-state index is 11.2. The van der Waals surface area contributed by atoms with Crippen molar-refractivity contribution in [3.63, 3.8) is 0 Å². The molecule has 1 heterocycles. The molecule has 82 valence electrons. The van der Waals surface area contributed by atoms with Crippen LogP contribution in [0, 0.1) is 5.92 Å². The summed E-state index contributed by atoms with van der Waals surface area (Å²) in [6.45, 7) is 6.93. The van der Waals surface area contributed by atoms with Crippen LogP contribution in [0.4, 0.5) is 4.79 Å². The van der Waals surface area contributed by atoms with Gasteiger partial charge in [-0.05, 0) is 45.7 Å². The smallest absolute Gasteiger partial charge is 0.314 e. The molecule has 1 atom stereocenters. The fraction of sp³-hybridized carbons (Fsp3) is 0.900. The van der Waals surface area contributed by atoms with Gasteiger partial charge in [0.05, 0.1) is 0 Å². The Hall–Kier alpha value is -0.770. The molecule has 1 aliphatic heterocycles. The second-order valence-electron chi connectivity index (χ2n) is 4.20. The van der Waals surface area contributed by atoms with Gasteiger partial charge in [-0.2, -0.15) is 0 Å². The summed E-state index contributed by atoms with van der Waals surface area (Å²) in [7, 11) is 0. The fourth-order valence-corrected chi connectivity index (χ4v) is 1.66. The number of urea groups is 1. The first kappa shape index (κ1) is 11.3. The molecule has 4 nitrogen and oxygen atoms in total. The Kier molecular flexibility index (Phi) is 4.73. The second-order valence-corrected chi connectivity index (χ2v) is 4.20. The summed E-state index contributed by atoms with van der Waals surface area (Å²) in [5.41, 5.74) is 0. The number of hydrogen-bond donors (Lipinski definition) is 3. The van der Waals surface area contributed by atoms with Crippen LogP contribution in [0.25, 0.3) is 0 Å². The third-order valence-electron chi connectivity index (χ3n) is 2.42. The van der Waals surface area contributed by atoms with Crippen molar-refractivity contribution >= 4 is 6.03 Å². The summed E-state index contributed by atoms with van der Waals surface area (Å²) in [6, 6.07) is 0.161. The molecule has 0 aromatic rings. The van der Waals surface area contributed by atoms with Gasteiger partial charge in [-0.15, -0.1) is 0 Å². The molecular weight excluding hydrogens is 178 g/mol. The van der Waals surface area contributed by atoms with E-state index in [4.69, 9.17) is 0 Å². The van der Waals surface area contributed by atoms with E-state index < -0.39 is 0 Å². The highest BCUT2D eigenvalue weighted by Gasteiger charge is 2.13. The summed E-state index contributed by atoms with van der Waals surface area (Å²) >= 11 is 0. The Balaban J connectivity index is 1.99. The highest BCUT2D eigenvalue weighted by molar-refractivity contribution is 5.73. The number of carbonyl (C=O) groups is 1. The number of nitrogens with one attached hydrogen (secondary N) is 3. The molecule has 0 spiro atoms. The lowest BCUT2D eigenvalue weighted by Gasteiger charge is -2.11. The molecule has 1 aliphatic rings. The van der Waals surface area contributed by atoms with Gasteiger partial charge in [-0.3, -0.25) is 0 Å². The minimum absolute atomic E-state index is 0.0500. The van der Waals surface area contributed by atoms with Crippen LogP contribution in [-0.4, -0.2) is 31.7 Å². The van der Waals surface area contributed by atoms with E-state index in [1.165, 1.54) is 6.42 Å². The molecule has 0 aromatic carbocycles. The monoisotopic (exact) mass is 199 g/mol. The number of hydrogen-bond acceptors (Lipinski definition) is 2. The van der Waals surface area contributed by atoms with Crippen molar-refractivity contribution < 1.29 is 4.79 Å². The second kappa shape index (κ2) is 5.86. The average molecular weight is 199 g/mol. The Labute approximate surface area is 85.8 Å². The Morgan fingerprint density at radius 2 is 2.36 bits per heavy atom. The van der Waals surface area contributed by atoms with Gasteiger partial charge in [0.25, 0.3) is 0 Å². The van der Waals surface area contributed by atoms with E-state index in [0.717, 1.165) is 32.0 Å². The van der Waals surface area contributed by atoms with Crippen molar-refractivity contribution in [2.45, 2.75) is 32.7 Å². The van der Waals surface area contributed by atoms with Crippen molar-refractivity contribution in [1.82, 2.24) is 16.0 Å². The van der Waals surface area contributed by atoms with E-state index >= 15 is 0 Å². The van der Waals surface area contributed by atoms with Crippen molar-refractivity contribution in [3.8, 4) is 0 Å². The van der Waals surface area contributed by atoms with E-state index in [0.29, 0.717) is 0 Å². The molecule has 0 aromatic heterocycles. The highest BCUT2D eigenvalue weighted by atomic mass is 16.2. The van der Waals surface area contributed by atoms with Gasteiger partial charge < -0.3 is 16.0 Å². The first-order valence-electron chi connectivity index (χ1n) is 5.43. The van der Waals surface area contributed by atoms with Crippen LogP contribution in [0.3, 0.4) is 0 Å². The molecule has 0 saturated carbocycles. The van der Waals surface area contributed by atoms with Gasteiger partial charge in [0.15, 0.2) is 0 Å². The van der Waals surface area contributed by atoms with Gasteiger partial charge >= 0.3 is 6.03 Å². The Morgan fingerprint density at radius 3 is 2.93 bits per heavy atom. The van der Waals surface area contributed by atoms with E-state index in [9.17, 15) is 4.79 Å². The van der Waals surface area contributed by atoms with Gasteiger partial charge in [0.1, 0.15) is 0 Å². The van der Waals surface area contributed by atoms with Gasteiger partial charge in [-0.25, -0.2) is 4.79 Å². The summed E-state index contributed by atoms with van der Waals surface area (Å²) in [5.74, 6) is 0.745. The quantitative estimate of drug-likeness (QED) is 0.624. The first-order chi connectivity index (χ1) is 6.68. The molecule has 14 heavy (non-hydrogen) atoms. The molecule has 0 aliphatic carbocycles. The lowest BCUT2D eigenvalue weighted by atomic mass is 10.1. The topological polar surface area (TPSA) is 53.2 Å². The van der Waals surface area contributed by atoms with Crippen LogP contribution >= 0.6 is 0 Å². The van der Waals surface area contributed by atoms with Crippen molar-refractivity contribution in [2.24, 2.45) is 5.92 Å². The maximum Gasteiger partial charge on any atom is 0.314 e. The predicted octanol–water partition coefficient (Wildman–Crippen LogP) is 0.694. The zero-order chi connectivity index (χ0) is 10.4. The van der Waals surface area contributed by atoms with Crippen LogP contribution in [0.5, 0.6) is 0 Å². The summed E-state index contributed by atoms with van der Waals surface area (Å²) in [6.07, 6.45) is 2.33. The molecular formula is C10H21N3O. The molecule has 1 unspecified atom stereocenters. The van der Waals surface area contributed by atoms with Gasteiger partial charge in [0, 0.05) is 12.6 Å². The molecule has 4 heteroatoms. The Morgan fingerprint density at radius 1 is 1.57 bits per heavy atom. The van der Waals surface area contributed by atoms with E-state index in [-0.39, 0.29) is 12.1 Å². The molecule has 2 amide bonds. The summed E-state index contributed by atoms with van der Waals surface area (Å²) in [5, 5.41) is 8.98. The van der Waals surface area contributed by atoms with Crippen LogP contribution in [-0.2, 0) is 0 Å². The largest absolute Gasteiger partial charge is 0.338 e. The molecule has 1 saturated heterocycles. The third-order valence-corrected chi connectivity index (χ3v) is 2.42. The highest BCUT2D eigenvalue weighted by Crippen LogP contribution is 2.10. The number of amides is 2. The standard InChI is InChI=1S/C10H21N3O/c1-8(2)13-10(14)12-6-4-9-3-5-11-7-9/h8-9,11H,3-7H2,1-2H3,(H2,12,13,14). The van der Waals surface area contributed by atoms with Crippen molar-refractivity contribution in [1.29, 1.82) is 0 Å². The SMILES string of the molecule is CC(C)NC(=O)NCCC1CCNC1. The number of rotatable bonds is 4. The number of carbonyl (C=O) groups excluding carboxylic acids is 1. The van der Waals surface area contributed by atoms with Crippen LogP contribution in [0.1, 0.15) is 26.7 Å². The van der Waals surface area contributed by atoms with E-state index in [1.807, 2.05) is 13.8 Å².